The van der Waals surface area contributed by atoms with Crippen molar-refractivity contribution in [3.8, 4) is 0 Å². The summed E-state index contributed by atoms with van der Waals surface area (Å²) in [5, 5.41) is 13.8. The molecule has 10 heteroatoms. The number of carbonyl (C=O) groups excluding carboxylic acids is 2. The lowest BCUT2D eigenvalue weighted by atomic mass is 10.2. The number of nitrogens with one attached hydrogen (secondary N) is 1. The van der Waals surface area contributed by atoms with Crippen molar-refractivity contribution in [2.75, 3.05) is 36.4 Å². The molecule has 0 spiro atoms. The molecule has 1 aliphatic rings. The minimum atomic E-state index is -0.713. The molecule has 1 aliphatic heterocycles. The van der Waals surface area contributed by atoms with Gasteiger partial charge in [-0.15, -0.1) is 0 Å². The molecule has 1 aromatic heterocycles. The van der Waals surface area contributed by atoms with Crippen LogP contribution in [0.5, 0.6) is 0 Å². The first-order valence-electron chi connectivity index (χ1n) is 10.5. The Morgan fingerprint density at radius 3 is 2.41 bits per heavy atom. The largest absolute Gasteiger partial charge is 0.433 e. The average Bonchev–Trinajstić information content (AvgIpc) is 3.35. The smallest absolute Gasteiger partial charge is 0.395 e. The summed E-state index contributed by atoms with van der Waals surface area (Å²) in [6, 6.07) is 17.1. The molecule has 3 aromatic rings. The SMILES string of the molecule is O=C(Nc1ccc(N2CCN(C(=O)/C=C/c3ccccc3)CC2)c(Cl)c1)c1ccc([N+](=O)[O-])o1. The zero-order valence-electron chi connectivity index (χ0n) is 18.0. The van der Waals surface area contributed by atoms with E-state index in [0.29, 0.717) is 36.9 Å². The number of carbonyl (C=O) groups is 2. The summed E-state index contributed by atoms with van der Waals surface area (Å²) >= 11 is 6.46. The number of benzene rings is 2. The Balaban J connectivity index is 1.33. The third-order valence-corrected chi connectivity index (χ3v) is 5.65. The fourth-order valence-corrected chi connectivity index (χ4v) is 3.89. The number of furan rings is 1. The van der Waals surface area contributed by atoms with E-state index in [-0.39, 0.29) is 11.7 Å². The fourth-order valence-electron chi connectivity index (χ4n) is 3.59. The second-order valence-corrected chi connectivity index (χ2v) is 7.98. The standard InChI is InChI=1S/C24H21ClN4O5/c25-19-16-18(26-24(31)21-9-11-23(34-21)29(32)33)7-8-20(19)27-12-14-28(15-13-27)22(30)10-6-17-4-2-1-3-5-17/h1-11,16H,12-15H2,(H,26,31)/b10-6+. The van der Waals surface area contributed by atoms with E-state index < -0.39 is 16.7 Å². The zero-order chi connectivity index (χ0) is 24.1. The van der Waals surface area contributed by atoms with E-state index in [2.05, 4.69) is 10.2 Å². The van der Waals surface area contributed by atoms with Gasteiger partial charge >= 0.3 is 5.88 Å². The van der Waals surface area contributed by atoms with Gasteiger partial charge in [-0.3, -0.25) is 19.7 Å². The molecule has 0 atom stereocenters. The Bertz CT molecular complexity index is 1230. The van der Waals surface area contributed by atoms with Crippen LogP contribution in [0.15, 0.2) is 71.2 Å². The number of anilines is 2. The number of halogens is 1. The normalized spacial score (nSPS) is 13.8. The number of hydrogen-bond acceptors (Lipinski definition) is 6. The number of nitro groups is 1. The highest BCUT2D eigenvalue weighted by Crippen LogP contribution is 2.30. The molecule has 1 fully saturated rings. The van der Waals surface area contributed by atoms with Gasteiger partial charge in [0.25, 0.3) is 5.91 Å². The van der Waals surface area contributed by atoms with E-state index in [1.54, 1.807) is 35.3 Å². The molecule has 9 nitrogen and oxygen atoms in total. The first-order chi connectivity index (χ1) is 16.4. The zero-order valence-corrected chi connectivity index (χ0v) is 18.8. The van der Waals surface area contributed by atoms with Crippen molar-refractivity contribution in [1.29, 1.82) is 0 Å². The second kappa shape index (κ2) is 10.2. The molecule has 1 saturated heterocycles. The van der Waals surface area contributed by atoms with Gasteiger partial charge in [-0.25, -0.2) is 0 Å². The van der Waals surface area contributed by atoms with E-state index >= 15 is 0 Å². The summed E-state index contributed by atoms with van der Waals surface area (Å²) in [6.45, 7) is 2.35. The van der Waals surface area contributed by atoms with Crippen LogP contribution in [0.25, 0.3) is 6.08 Å². The van der Waals surface area contributed by atoms with Crippen LogP contribution in [0.3, 0.4) is 0 Å². The van der Waals surface area contributed by atoms with E-state index in [9.17, 15) is 19.7 Å². The quantitative estimate of drug-likeness (QED) is 0.317. The highest BCUT2D eigenvalue weighted by Gasteiger charge is 2.22. The maximum absolute atomic E-state index is 12.5. The molecule has 0 saturated carbocycles. The number of piperazine rings is 1. The number of amides is 2. The van der Waals surface area contributed by atoms with Crippen LogP contribution in [-0.2, 0) is 4.79 Å². The van der Waals surface area contributed by atoms with Gasteiger partial charge in [0.2, 0.25) is 5.91 Å². The Morgan fingerprint density at radius 2 is 1.76 bits per heavy atom. The van der Waals surface area contributed by atoms with Gasteiger partial charge in [0.05, 0.1) is 16.8 Å². The van der Waals surface area contributed by atoms with Gasteiger partial charge in [0, 0.05) is 37.9 Å². The van der Waals surface area contributed by atoms with Crippen LogP contribution in [0.4, 0.5) is 17.3 Å². The van der Waals surface area contributed by atoms with Gasteiger partial charge < -0.3 is 19.5 Å². The summed E-state index contributed by atoms with van der Waals surface area (Å²) in [5.41, 5.74) is 2.19. The number of hydrogen-bond donors (Lipinski definition) is 1. The molecule has 0 aliphatic carbocycles. The lowest BCUT2D eigenvalue weighted by molar-refractivity contribution is -0.402. The minimum absolute atomic E-state index is 0.0363. The molecule has 0 bridgehead atoms. The van der Waals surface area contributed by atoms with Gasteiger partial charge in [0.15, 0.2) is 5.76 Å². The number of nitrogens with zero attached hydrogens (tertiary/aromatic N) is 3. The Labute approximate surface area is 200 Å². The van der Waals surface area contributed by atoms with E-state index in [1.807, 2.05) is 30.3 Å². The van der Waals surface area contributed by atoms with E-state index in [0.717, 1.165) is 17.3 Å². The van der Waals surface area contributed by atoms with Crippen molar-refractivity contribution in [1.82, 2.24) is 4.90 Å². The van der Waals surface area contributed by atoms with Gasteiger partial charge in [0.1, 0.15) is 4.92 Å². The first-order valence-corrected chi connectivity index (χ1v) is 10.9. The highest BCUT2D eigenvalue weighted by molar-refractivity contribution is 6.33. The Morgan fingerprint density at radius 1 is 1.03 bits per heavy atom. The molecule has 34 heavy (non-hydrogen) atoms. The second-order valence-electron chi connectivity index (χ2n) is 7.57. The third kappa shape index (κ3) is 5.44. The van der Waals surface area contributed by atoms with Gasteiger partial charge in [-0.2, -0.15) is 0 Å². The molecule has 2 aromatic carbocycles. The fraction of sp³-hybridized carbons (Fsp3) is 0.167. The summed E-state index contributed by atoms with van der Waals surface area (Å²) < 4.78 is 4.91. The lowest BCUT2D eigenvalue weighted by Crippen LogP contribution is -2.48. The summed E-state index contributed by atoms with van der Waals surface area (Å²) in [4.78, 5) is 38.6. The Hall–Kier alpha value is -4.11. The van der Waals surface area contributed by atoms with Crippen molar-refractivity contribution in [2.45, 2.75) is 0 Å². The molecule has 2 amide bonds. The predicted molar refractivity (Wildman–Crippen MR) is 129 cm³/mol. The molecule has 1 N–H and O–H groups in total. The maximum atomic E-state index is 12.5. The minimum Gasteiger partial charge on any atom is -0.395 e. The van der Waals surface area contributed by atoms with E-state index in [4.69, 9.17) is 16.0 Å². The van der Waals surface area contributed by atoms with E-state index in [1.165, 1.54) is 6.07 Å². The van der Waals surface area contributed by atoms with Crippen molar-refractivity contribution >= 4 is 46.8 Å². The maximum Gasteiger partial charge on any atom is 0.433 e. The highest BCUT2D eigenvalue weighted by atomic mass is 35.5. The summed E-state index contributed by atoms with van der Waals surface area (Å²) in [6.07, 6.45) is 3.39. The molecule has 0 unspecified atom stereocenters. The van der Waals surface area contributed by atoms with Crippen molar-refractivity contribution in [2.24, 2.45) is 0 Å². The van der Waals surface area contributed by atoms with Crippen LogP contribution in [0.1, 0.15) is 16.1 Å². The molecular weight excluding hydrogens is 460 g/mol. The Kier molecular flexibility index (Phi) is 6.93. The molecular formula is C24H21ClN4O5. The third-order valence-electron chi connectivity index (χ3n) is 5.35. The predicted octanol–water partition coefficient (Wildman–Crippen LogP) is 4.46. The van der Waals surface area contributed by atoms with Crippen LogP contribution in [0, 0.1) is 10.1 Å². The molecule has 4 rings (SSSR count). The molecule has 174 valence electrons. The summed E-state index contributed by atoms with van der Waals surface area (Å²) in [5.74, 6) is -1.33. The topological polar surface area (TPSA) is 109 Å². The molecule has 2 heterocycles. The molecule has 0 radical (unpaired) electrons. The van der Waals surface area contributed by atoms with Crippen LogP contribution in [-0.4, -0.2) is 47.8 Å². The van der Waals surface area contributed by atoms with Crippen LogP contribution < -0.4 is 10.2 Å². The number of rotatable bonds is 6. The average molecular weight is 481 g/mol. The summed E-state index contributed by atoms with van der Waals surface area (Å²) in [7, 11) is 0. The van der Waals surface area contributed by atoms with Crippen molar-refractivity contribution in [3.05, 3.63) is 93.2 Å². The van der Waals surface area contributed by atoms with Crippen molar-refractivity contribution in [3.63, 3.8) is 0 Å². The lowest BCUT2D eigenvalue weighted by Gasteiger charge is -2.36. The first kappa shape index (κ1) is 23.1. The monoisotopic (exact) mass is 480 g/mol. The van der Waals surface area contributed by atoms with Crippen LogP contribution >= 0.6 is 11.6 Å². The van der Waals surface area contributed by atoms with Gasteiger partial charge in [-0.1, -0.05) is 41.9 Å². The van der Waals surface area contributed by atoms with Crippen LogP contribution in [0.2, 0.25) is 5.02 Å². The van der Waals surface area contributed by atoms with Crippen molar-refractivity contribution < 1.29 is 18.9 Å². The van der Waals surface area contributed by atoms with Gasteiger partial charge in [-0.05, 0) is 35.9 Å².